The molecular weight excluding hydrogens is 234 g/mol. The Balaban J connectivity index is 1.88. The second-order valence-corrected chi connectivity index (χ2v) is 6.85. The van der Waals surface area contributed by atoms with Gasteiger partial charge in [-0.3, -0.25) is 0 Å². The lowest BCUT2D eigenvalue weighted by molar-refractivity contribution is 0.0626. The summed E-state index contributed by atoms with van der Waals surface area (Å²) in [5, 5.41) is 10.2. The van der Waals surface area contributed by atoms with Gasteiger partial charge >= 0.3 is 0 Å². The van der Waals surface area contributed by atoms with Gasteiger partial charge in [0.15, 0.2) is 0 Å². The van der Waals surface area contributed by atoms with Gasteiger partial charge in [-0.25, -0.2) is 0 Å². The quantitative estimate of drug-likeness (QED) is 0.897. The molecule has 1 unspecified atom stereocenters. The lowest BCUT2D eigenvalue weighted by Crippen LogP contribution is -2.43. The van der Waals surface area contributed by atoms with E-state index in [4.69, 9.17) is 0 Å². The maximum Gasteiger partial charge on any atom is 0.0611 e. The second-order valence-electron chi connectivity index (χ2n) is 6.85. The number of fused-ring (bicyclic) bond motifs is 1. The van der Waals surface area contributed by atoms with Crippen molar-refractivity contribution >= 4 is 5.69 Å². The summed E-state index contributed by atoms with van der Waals surface area (Å²) >= 11 is 0. The van der Waals surface area contributed by atoms with Crippen LogP contribution in [0.3, 0.4) is 0 Å². The van der Waals surface area contributed by atoms with Crippen LogP contribution >= 0.6 is 0 Å². The molecule has 19 heavy (non-hydrogen) atoms. The van der Waals surface area contributed by atoms with Crippen molar-refractivity contribution in [3.63, 3.8) is 0 Å². The van der Waals surface area contributed by atoms with E-state index in [1.54, 1.807) is 0 Å². The zero-order chi connectivity index (χ0) is 13.5. The minimum atomic E-state index is -0.580. The first kappa shape index (κ1) is 13.0. The Morgan fingerprint density at radius 1 is 1.21 bits per heavy atom. The average Bonchev–Trinajstić information content (AvgIpc) is 2.92. The van der Waals surface area contributed by atoms with Crippen LogP contribution in [0.2, 0.25) is 0 Å². The molecule has 1 heterocycles. The normalized spacial score (nSPS) is 23.9. The molecule has 2 aliphatic rings. The van der Waals surface area contributed by atoms with E-state index in [2.05, 4.69) is 29.2 Å². The maximum absolute atomic E-state index is 10.2. The molecule has 2 heteroatoms. The Labute approximate surface area is 116 Å². The van der Waals surface area contributed by atoms with E-state index >= 15 is 0 Å². The molecule has 0 bridgehead atoms. The number of aliphatic hydroxyl groups is 1. The van der Waals surface area contributed by atoms with E-state index in [1.807, 2.05) is 13.8 Å². The minimum Gasteiger partial charge on any atom is -0.390 e. The molecule has 1 aromatic carbocycles. The third-order valence-corrected chi connectivity index (χ3v) is 4.57. The molecular formula is C17H25NO. The van der Waals surface area contributed by atoms with Gasteiger partial charge in [0, 0.05) is 17.8 Å². The summed E-state index contributed by atoms with van der Waals surface area (Å²) in [5.74, 6) is 0. The number of rotatable bonds is 3. The Morgan fingerprint density at radius 2 is 1.89 bits per heavy atom. The molecule has 104 valence electrons. The number of hydrogen-bond acceptors (Lipinski definition) is 2. The van der Waals surface area contributed by atoms with Crippen LogP contribution < -0.4 is 4.90 Å². The molecule has 1 N–H and O–H groups in total. The van der Waals surface area contributed by atoms with Crippen molar-refractivity contribution in [3.8, 4) is 0 Å². The highest BCUT2D eigenvalue weighted by atomic mass is 16.3. The number of para-hydroxylation sites is 1. The fourth-order valence-corrected chi connectivity index (χ4v) is 3.91. The third kappa shape index (κ3) is 2.64. The number of benzene rings is 1. The van der Waals surface area contributed by atoms with E-state index in [9.17, 15) is 5.11 Å². The molecule has 3 rings (SSSR count). The van der Waals surface area contributed by atoms with Crippen LogP contribution in [-0.2, 0) is 6.42 Å². The third-order valence-electron chi connectivity index (χ3n) is 4.57. The lowest BCUT2D eigenvalue weighted by Gasteiger charge is -2.36. The van der Waals surface area contributed by atoms with Crippen molar-refractivity contribution in [2.45, 2.75) is 70.1 Å². The van der Waals surface area contributed by atoms with Gasteiger partial charge in [-0.2, -0.15) is 0 Å². The fourth-order valence-electron chi connectivity index (χ4n) is 3.91. The summed E-state index contributed by atoms with van der Waals surface area (Å²) in [6, 6.07) is 9.96. The average molecular weight is 259 g/mol. The van der Waals surface area contributed by atoms with Crippen LogP contribution in [0, 0.1) is 0 Å². The van der Waals surface area contributed by atoms with Gasteiger partial charge in [-0.05, 0) is 51.2 Å². The molecule has 2 nitrogen and oxygen atoms in total. The molecule has 0 amide bonds. The van der Waals surface area contributed by atoms with E-state index in [-0.39, 0.29) is 0 Å². The van der Waals surface area contributed by atoms with Crippen molar-refractivity contribution in [2.75, 3.05) is 4.90 Å². The van der Waals surface area contributed by atoms with Crippen molar-refractivity contribution < 1.29 is 5.11 Å². The summed E-state index contributed by atoms with van der Waals surface area (Å²) in [6.45, 7) is 3.87. The minimum absolute atomic E-state index is 0.473. The molecule has 1 fully saturated rings. The van der Waals surface area contributed by atoms with Gasteiger partial charge < -0.3 is 10.0 Å². The molecule has 1 aromatic rings. The van der Waals surface area contributed by atoms with Crippen molar-refractivity contribution in [1.82, 2.24) is 0 Å². The Kier molecular flexibility index (Phi) is 3.30. The van der Waals surface area contributed by atoms with Crippen molar-refractivity contribution in [2.24, 2.45) is 0 Å². The molecule has 1 aliphatic carbocycles. The molecule has 1 aliphatic heterocycles. The molecule has 0 saturated heterocycles. The van der Waals surface area contributed by atoms with Crippen LogP contribution in [0.5, 0.6) is 0 Å². The van der Waals surface area contributed by atoms with E-state index in [0.717, 1.165) is 12.8 Å². The fraction of sp³-hybridized carbons (Fsp3) is 0.647. The van der Waals surface area contributed by atoms with Gasteiger partial charge in [0.05, 0.1) is 5.60 Å². The maximum atomic E-state index is 10.2. The molecule has 0 spiro atoms. The summed E-state index contributed by atoms with van der Waals surface area (Å²) in [6.07, 6.45) is 7.30. The first-order valence-corrected chi connectivity index (χ1v) is 7.63. The summed E-state index contributed by atoms with van der Waals surface area (Å²) in [4.78, 5) is 2.63. The smallest absolute Gasteiger partial charge is 0.0611 e. The monoisotopic (exact) mass is 259 g/mol. The first-order valence-electron chi connectivity index (χ1n) is 7.63. The van der Waals surface area contributed by atoms with Crippen LogP contribution in [0.15, 0.2) is 24.3 Å². The highest BCUT2D eigenvalue weighted by Gasteiger charge is 2.37. The Hall–Kier alpha value is -1.02. The Morgan fingerprint density at radius 3 is 2.58 bits per heavy atom. The van der Waals surface area contributed by atoms with Gasteiger partial charge in [-0.15, -0.1) is 0 Å². The van der Waals surface area contributed by atoms with E-state index in [1.165, 1.54) is 36.9 Å². The molecule has 1 atom stereocenters. The van der Waals surface area contributed by atoms with E-state index in [0.29, 0.717) is 12.1 Å². The van der Waals surface area contributed by atoms with Crippen LogP contribution in [0.1, 0.15) is 51.5 Å². The standard InChI is InChI=1S/C17H25NO/c1-17(2,19)12-15-11-13-7-3-6-10-16(13)18(15)14-8-4-5-9-14/h3,6-7,10,14-15,19H,4-5,8-9,11-12H2,1-2H3. The van der Waals surface area contributed by atoms with Crippen LogP contribution in [0.25, 0.3) is 0 Å². The van der Waals surface area contributed by atoms with Crippen LogP contribution in [0.4, 0.5) is 5.69 Å². The molecule has 1 saturated carbocycles. The lowest BCUT2D eigenvalue weighted by atomic mass is 9.95. The summed E-state index contributed by atoms with van der Waals surface area (Å²) in [7, 11) is 0. The Bertz CT molecular complexity index is 443. The highest BCUT2D eigenvalue weighted by molar-refractivity contribution is 5.60. The van der Waals surface area contributed by atoms with E-state index < -0.39 is 5.60 Å². The zero-order valence-corrected chi connectivity index (χ0v) is 12.1. The largest absolute Gasteiger partial charge is 0.390 e. The van der Waals surface area contributed by atoms with Gasteiger partial charge in [-0.1, -0.05) is 31.0 Å². The second kappa shape index (κ2) is 4.82. The highest BCUT2D eigenvalue weighted by Crippen LogP contribution is 2.40. The molecule has 0 radical (unpaired) electrons. The number of hydrogen-bond donors (Lipinski definition) is 1. The topological polar surface area (TPSA) is 23.5 Å². The number of nitrogens with zero attached hydrogens (tertiary/aromatic N) is 1. The molecule has 0 aromatic heterocycles. The van der Waals surface area contributed by atoms with Gasteiger partial charge in [0.2, 0.25) is 0 Å². The van der Waals surface area contributed by atoms with Crippen LogP contribution in [-0.4, -0.2) is 22.8 Å². The van der Waals surface area contributed by atoms with Gasteiger partial charge in [0.25, 0.3) is 0 Å². The van der Waals surface area contributed by atoms with Gasteiger partial charge in [0.1, 0.15) is 0 Å². The summed E-state index contributed by atoms with van der Waals surface area (Å²) < 4.78 is 0. The van der Waals surface area contributed by atoms with Crippen molar-refractivity contribution in [3.05, 3.63) is 29.8 Å². The SMILES string of the molecule is CC(C)(O)CC1Cc2ccccc2N1C1CCCC1. The predicted molar refractivity (Wildman–Crippen MR) is 79.6 cm³/mol. The first-order chi connectivity index (χ1) is 9.04. The number of anilines is 1. The predicted octanol–water partition coefficient (Wildman–Crippen LogP) is 3.52. The van der Waals surface area contributed by atoms with Crippen molar-refractivity contribution in [1.29, 1.82) is 0 Å². The summed E-state index contributed by atoms with van der Waals surface area (Å²) in [5.41, 5.74) is 2.30. The zero-order valence-electron chi connectivity index (χ0n) is 12.1.